The Morgan fingerprint density at radius 3 is 2.66 bits per heavy atom. The normalized spacial score (nSPS) is 14.6. The number of likely N-dealkylation sites (tertiary alicyclic amines) is 1. The van der Waals surface area contributed by atoms with E-state index in [0.29, 0.717) is 13.1 Å². The third kappa shape index (κ3) is 4.39. The van der Waals surface area contributed by atoms with Gasteiger partial charge in [0.05, 0.1) is 24.1 Å². The van der Waals surface area contributed by atoms with Crippen LogP contribution in [0.3, 0.4) is 0 Å². The average molecular weight is 395 g/mol. The summed E-state index contributed by atoms with van der Waals surface area (Å²) in [7, 11) is 1.87. The van der Waals surface area contributed by atoms with Crippen molar-refractivity contribution >= 4 is 17.6 Å². The summed E-state index contributed by atoms with van der Waals surface area (Å²) in [6, 6.07) is 4.08. The molecule has 1 N–H and O–H groups in total. The zero-order valence-corrected chi connectivity index (χ0v) is 17.0. The van der Waals surface area contributed by atoms with Gasteiger partial charge in [-0.05, 0) is 38.5 Å². The van der Waals surface area contributed by atoms with E-state index in [9.17, 15) is 4.79 Å². The molecule has 1 aliphatic rings. The standard InChI is InChI=1S/C20H25N7O2/c1-20(2,3)29-19(28)26-12-17(13-26)27-10-15(8-23-27)14-5-6-21-18(7-14)24-16-9-22-25(4)11-16/h5-11,17H,12-13H2,1-4H3,(H,21,24). The van der Waals surface area contributed by atoms with Gasteiger partial charge in [0.1, 0.15) is 11.4 Å². The first-order valence-electron chi connectivity index (χ1n) is 9.51. The number of aryl methyl sites for hydroxylation is 1. The molecule has 1 fully saturated rings. The van der Waals surface area contributed by atoms with Crippen LogP contribution in [0.2, 0.25) is 0 Å². The molecule has 152 valence electrons. The van der Waals surface area contributed by atoms with Crippen LogP contribution in [0.15, 0.2) is 43.1 Å². The van der Waals surface area contributed by atoms with Crippen LogP contribution in [0.5, 0.6) is 0 Å². The summed E-state index contributed by atoms with van der Waals surface area (Å²) >= 11 is 0. The van der Waals surface area contributed by atoms with Crippen molar-refractivity contribution in [1.29, 1.82) is 0 Å². The van der Waals surface area contributed by atoms with Crippen LogP contribution < -0.4 is 5.32 Å². The van der Waals surface area contributed by atoms with Crippen molar-refractivity contribution in [3.63, 3.8) is 0 Å². The molecule has 29 heavy (non-hydrogen) atoms. The average Bonchev–Trinajstić information content (AvgIpc) is 3.22. The highest BCUT2D eigenvalue weighted by Gasteiger charge is 2.35. The van der Waals surface area contributed by atoms with Crippen molar-refractivity contribution in [2.45, 2.75) is 32.4 Å². The summed E-state index contributed by atoms with van der Waals surface area (Å²) in [6.07, 6.45) is 8.96. The predicted octanol–water partition coefficient (Wildman–Crippen LogP) is 3.21. The lowest BCUT2D eigenvalue weighted by Crippen LogP contribution is -2.52. The van der Waals surface area contributed by atoms with E-state index in [4.69, 9.17) is 4.74 Å². The van der Waals surface area contributed by atoms with Crippen LogP contribution >= 0.6 is 0 Å². The fourth-order valence-electron chi connectivity index (χ4n) is 3.10. The molecule has 3 aromatic rings. The van der Waals surface area contributed by atoms with E-state index in [1.807, 2.05) is 63.2 Å². The minimum absolute atomic E-state index is 0.158. The zero-order valence-electron chi connectivity index (χ0n) is 17.0. The number of aromatic nitrogens is 5. The lowest BCUT2D eigenvalue weighted by Gasteiger charge is -2.39. The Morgan fingerprint density at radius 1 is 1.17 bits per heavy atom. The highest BCUT2D eigenvalue weighted by Crippen LogP contribution is 2.27. The van der Waals surface area contributed by atoms with Crippen molar-refractivity contribution in [1.82, 2.24) is 29.4 Å². The first-order chi connectivity index (χ1) is 13.8. The lowest BCUT2D eigenvalue weighted by molar-refractivity contribution is -0.000381. The Hall–Kier alpha value is -3.36. The van der Waals surface area contributed by atoms with Gasteiger partial charge in [-0.1, -0.05) is 0 Å². The van der Waals surface area contributed by atoms with Crippen LogP contribution in [0, 0.1) is 0 Å². The molecular formula is C20H25N7O2. The van der Waals surface area contributed by atoms with Gasteiger partial charge in [-0.2, -0.15) is 10.2 Å². The highest BCUT2D eigenvalue weighted by molar-refractivity contribution is 5.69. The number of amides is 1. The van der Waals surface area contributed by atoms with Gasteiger partial charge in [0.15, 0.2) is 0 Å². The van der Waals surface area contributed by atoms with E-state index in [0.717, 1.165) is 22.6 Å². The molecule has 0 saturated carbocycles. The molecule has 1 amide bonds. The van der Waals surface area contributed by atoms with Gasteiger partial charge in [-0.15, -0.1) is 0 Å². The van der Waals surface area contributed by atoms with E-state index >= 15 is 0 Å². The molecule has 0 aliphatic carbocycles. The van der Waals surface area contributed by atoms with Gasteiger partial charge in [0.2, 0.25) is 0 Å². The van der Waals surface area contributed by atoms with Crippen molar-refractivity contribution < 1.29 is 9.53 Å². The molecule has 1 aliphatic heterocycles. The monoisotopic (exact) mass is 395 g/mol. The predicted molar refractivity (Wildman–Crippen MR) is 109 cm³/mol. The van der Waals surface area contributed by atoms with Gasteiger partial charge in [-0.25, -0.2) is 9.78 Å². The molecular weight excluding hydrogens is 370 g/mol. The van der Waals surface area contributed by atoms with Gasteiger partial charge in [-0.3, -0.25) is 9.36 Å². The number of carbonyl (C=O) groups is 1. The second-order valence-electron chi connectivity index (χ2n) is 8.21. The third-order valence-corrected chi connectivity index (χ3v) is 4.56. The highest BCUT2D eigenvalue weighted by atomic mass is 16.6. The van der Waals surface area contributed by atoms with E-state index in [-0.39, 0.29) is 12.1 Å². The quantitative estimate of drug-likeness (QED) is 0.730. The van der Waals surface area contributed by atoms with Gasteiger partial charge in [0.25, 0.3) is 0 Å². The maximum absolute atomic E-state index is 12.1. The molecule has 1 saturated heterocycles. The minimum Gasteiger partial charge on any atom is -0.444 e. The largest absolute Gasteiger partial charge is 0.444 e. The molecule has 9 heteroatoms. The first kappa shape index (κ1) is 19.0. The van der Waals surface area contributed by atoms with Crippen molar-refractivity contribution in [2.24, 2.45) is 7.05 Å². The fourth-order valence-corrected chi connectivity index (χ4v) is 3.10. The summed E-state index contributed by atoms with van der Waals surface area (Å²) in [5, 5.41) is 11.9. The number of rotatable bonds is 4. The number of anilines is 2. The first-order valence-corrected chi connectivity index (χ1v) is 9.51. The maximum Gasteiger partial charge on any atom is 0.410 e. The molecule has 0 radical (unpaired) electrons. The molecule has 4 heterocycles. The van der Waals surface area contributed by atoms with Crippen molar-refractivity contribution in [2.75, 3.05) is 18.4 Å². The smallest absolute Gasteiger partial charge is 0.410 e. The maximum atomic E-state index is 12.1. The Morgan fingerprint density at radius 2 is 1.97 bits per heavy atom. The van der Waals surface area contributed by atoms with Crippen LogP contribution in [-0.2, 0) is 11.8 Å². The van der Waals surface area contributed by atoms with Crippen LogP contribution in [-0.4, -0.2) is 54.2 Å². The molecule has 0 unspecified atom stereocenters. The molecule has 0 spiro atoms. The molecule has 0 bridgehead atoms. The van der Waals surface area contributed by atoms with Gasteiger partial charge >= 0.3 is 6.09 Å². The SMILES string of the molecule is Cn1cc(Nc2cc(-c3cnn(C4CN(C(=O)OC(C)(C)C)C4)c3)ccn2)cn1. The Kier molecular flexibility index (Phi) is 4.73. The summed E-state index contributed by atoms with van der Waals surface area (Å²) < 4.78 is 9.04. The van der Waals surface area contributed by atoms with Gasteiger partial charge in [0, 0.05) is 44.3 Å². The molecule has 3 aromatic heterocycles. The second-order valence-corrected chi connectivity index (χ2v) is 8.21. The molecule has 0 aromatic carbocycles. The number of pyridine rings is 1. The fraction of sp³-hybridized carbons (Fsp3) is 0.400. The lowest BCUT2D eigenvalue weighted by atomic mass is 10.1. The minimum atomic E-state index is -0.482. The van der Waals surface area contributed by atoms with Crippen molar-refractivity contribution in [3.05, 3.63) is 43.1 Å². The molecule has 4 rings (SSSR count). The zero-order chi connectivity index (χ0) is 20.6. The van der Waals surface area contributed by atoms with E-state index < -0.39 is 5.60 Å². The van der Waals surface area contributed by atoms with Crippen LogP contribution in [0.4, 0.5) is 16.3 Å². The second kappa shape index (κ2) is 7.23. The number of hydrogen-bond donors (Lipinski definition) is 1. The van der Waals surface area contributed by atoms with Gasteiger partial charge < -0.3 is 15.0 Å². The molecule has 0 atom stereocenters. The number of nitrogens with one attached hydrogen (secondary N) is 1. The summed E-state index contributed by atoms with van der Waals surface area (Å²) in [6.45, 7) is 6.80. The Bertz CT molecular complexity index is 1010. The number of ether oxygens (including phenoxy) is 1. The summed E-state index contributed by atoms with van der Waals surface area (Å²) in [5.41, 5.74) is 2.41. The van der Waals surface area contributed by atoms with Crippen molar-refractivity contribution in [3.8, 4) is 11.1 Å². The number of carbonyl (C=O) groups excluding carboxylic acids is 1. The van der Waals surface area contributed by atoms with Crippen LogP contribution in [0.25, 0.3) is 11.1 Å². The Balaban J connectivity index is 1.40. The number of nitrogens with zero attached hydrogens (tertiary/aromatic N) is 6. The molecule has 9 nitrogen and oxygen atoms in total. The third-order valence-electron chi connectivity index (χ3n) is 4.56. The van der Waals surface area contributed by atoms with E-state index in [2.05, 4.69) is 20.5 Å². The summed E-state index contributed by atoms with van der Waals surface area (Å²) in [4.78, 5) is 18.1. The number of hydrogen-bond acceptors (Lipinski definition) is 6. The van der Waals surface area contributed by atoms with Crippen LogP contribution in [0.1, 0.15) is 26.8 Å². The topological polar surface area (TPSA) is 90.1 Å². The Labute approximate surface area is 169 Å². The summed E-state index contributed by atoms with van der Waals surface area (Å²) in [5.74, 6) is 0.739. The van der Waals surface area contributed by atoms with E-state index in [1.54, 1.807) is 22.0 Å². The van der Waals surface area contributed by atoms with E-state index in [1.165, 1.54) is 0 Å².